The van der Waals surface area contributed by atoms with Crippen LogP contribution in [0.4, 0.5) is 11.4 Å². The maximum absolute atomic E-state index is 10.8. The van der Waals surface area contributed by atoms with Crippen LogP contribution >= 0.6 is 0 Å². The molecule has 0 atom stereocenters. The monoisotopic (exact) mass is 330 g/mol. The van der Waals surface area contributed by atoms with Gasteiger partial charge in [-0.05, 0) is 6.92 Å². The fourth-order valence-electron chi connectivity index (χ4n) is 1.46. The minimum Gasteiger partial charge on any atom is -0.258 e. The number of hydrogen-bond acceptors (Lipinski definition) is 6. The Morgan fingerprint density at radius 2 is 1.88 bits per heavy atom. The first-order valence-corrected chi connectivity index (χ1v) is 4.15. The molecule has 0 saturated carbocycles. The first-order chi connectivity index (χ1) is 7.52. The Kier molecular flexibility index (Phi) is 3.56. The third-order valence-electron chi connectivity index (χ3n) is 2.19. The molecule has 0 amide bonds. The molecule has 9 nitrogen and oxygen atoms in total. The van der Waals surface area contributed by atoms with Gasteiger partial charge in [-0.3, -0.25) is 20.2 Å². The fourth-order valence-corrected chi connectivity index (χ4v) is 1.46. The third-order valence-corrected chi connectivity index (χ3v) is 2.19. The SMILES string of the molecule is Cc1c([N+](=O)[O-])cc2n[nH]nc2c1[N+](=O)[O-].[Ag+]. The number of hydrogen-bond donors (Lipinski definition) is 1. The van der Waals surface area contributed by atoms with E-state index in [-0.39, 0.29) is 44.7 Å². The molecular formula is C7H5AgN5O4+. The molecule has 1 aromatic carbocycles. The smallest absolute Gasteiger partial charge is 0.258 e. The van der Waals surface area contributed by atoms with Crippen molar-refractivity contribution in [3.05, 3.63) is 31.9 Å². The molecule has 2 rings (SSSR count). The van der Waals surface area contributed by atoms with E-state index in [9.17, 15) is 20.2 Å². The van der Waals surface area contributed by atoms with Gasteiger partial charge in [0.05, 0.1) is 9.85 Å². The summed E-state index contributed by atoms with van der Waals surface area (Å²) in [5, 5.41) is 30.9. The molecule has 0 spiro atoms. The summed E-state index contributed by atoms with van der Waals surface area (Å²) in [7, 11) is 0. The average Bonchev–Trinajstić information content (AvgIpc) is 2.62. The summed E-state index contributed by atoms with van der Waals surface area (Å²) in [4.78, 5) is 20.1. The van der Waals surface area contributed by atoms with Crippen LogP contribution in [0.5, 0.6) is 0 Å². The Bertz CT molecular complexity index is 610. The summed E-state index contributed by atoms with van der Waals surface area (Å²) in [6.07, 6.45) is 0. The number of aromatic amines is 1. The molecule has 0 aliphatic carbocycles. The quantitative estimate of drug-likeness (QED) is 0.498. The fraction of sp³-hybridized carbons (Fsp3) is 0.143. The van der Waals surface area contributed by atoms with Gasteiger partial charge < -0.3 is 0 Å². The van der Waals surface area contributed by atoms with Crippen molar-refractivity contribution in [3.63, 3.8) is 0 Å². The summed E-state index contributed by atoms with van der Waals surface area (Å²) < 4.78 is 0. The Morgan fingerprint density at radius 3 is 2.41 bits per heavy atom. The normalized spacial score (nSPS) is 9.94. The van der Waals surface area contributed by atoms with Crippen LogP contribution < -0.4 is 0 Å². The van der Waals surface area contributed by atoms with Crippen LogP contribution in [0.15, 0.2) is 6.07 Å². The van der Waals surface area contributed by atoms with E-state index in [0.717, 1.165) is 6.07 Å². The number of aromatic nitrogens is 3. The number of H-pyrrole nitrogens is 1. The standard InChI is InChI=1S/C7H5N5O4.Ag/c1-3-5(11(13)14)2-4-6(9-10-8-4)7(3)12(15)16;/h2H,1H3,(H,8,9,10);/q;+1. The molecule has 92 valence electrons. The van der Waals surface area contributed by atoms with Crippen molar-refractivity contribution in [1.29, 1.82) is 0 Å². The maximum Gasteiger partial charge on any atom is 1.00 e. The van der Waals surface area contributed by atoms with Crippen molar-refractivity contribution < 1.29 is 32.2 Å². The second kappa shape index (κ2) is 4.57. The van der Waals surface area contributed by atoms with Crippen molar-refractivity contribution in [2.45, 2.75) is 6.92 Å². The van der Waals surface area contributed by atoms with Gasteiger partial charge in [0.15, 0.2) is 5.52 Å². The first kappa shape index (κ1) is 13.2. The molecule has 0 aliphatic heterocycles. The Hall–Kier alpha value is -1.84. The molecule has 0 fully saturated rings. The average molecular weight is 331 g/mol. The zero-order valence-electron chi connectivity index (χ0n) is 8.30. The van der Waals surface area contributed by atoms with E-state index in [4.69, 9.17) is 0 Å². The predicted molar refractivity (Wildman–Crippen MR) is 51.9 cm³/mol. The van der Waals surface area contributed by atoms with Gasteiger partial charge in [-0.25, -0.2) is 0 Å². The topological polar surface area (TPSA) is 128 Å². The van der Waals surface area contributed by atoms with E-state index in [2.05, 4.69) is 15.4 Å². The number of nitrogens with zero attached hydrogens (tertiary/aromatic N) is 4. The van der Waals surface area contributed by atoms with Crippen LogP contribution in [0.25, 0.3) is 11.0 Å². The minimum absolute atomic E-state index is 0. The van der Waals surface area contributed by atoms with Gasteiger partial charge in [-0.2, -0.15) is 10.3 Å². The summed E-state index contributed by atoms with van der Waals surface area (Å²) >= 11 is 0. The van der Waals surface area contributed by atoms with Crippen LogP contribution in [-0.4, -0.2) is 25.3 Å². The molecule has 0 saturated heterocycles. The first-order valence-electron chi connectivity index (χ1n) is 4.15. The summed E-state index contributed by atoms with van der Waals surface area (Å²) in [6.45, 7) is 1.31. The van der Waals surface area contributed by atoms with Crippen molar-refractivity contribution in [3.8, 4) is 0 Å². The number of benzene rings is 1. The van der Waals surface area contributed by atoms with Crippen molar-refractivity contribution >= 4 is 22.4 Å². The molecule has 1 aromatic heterocycles. The summed E-state index contributed by atoms with van der Waals surface area (Å²) in [6, 6.07) is 1.15. The molecule has 0 bridgehead atoms. The van der Waals surface area contributed by atoms with E-state index in [1.165, 1.54) is 6.92 Å². The Morgan fingerprint density at radius 1 is 1.24 bits per heavy atom. The number of nitrogens with one attached hydrogen (secondary N) is 1. The molecule has 0 unspecified atom stereocenters. The summed E-state index contributed by atoms with van der Waals surface area (Å²) in [5.41, 5.74) is -0.639. The van der Waals surface area contributed by atoms with Gasteiger partial charge >= 0.3 is 28.1 Å². The second-order valence-corrected chi connectivity index (χ2v) is 3.07. The summed E-state index contributed by atoms with van der Waals surface area (Å²) in [5.74, 6) is 0. The molecule has 1 N–H and O–H groups in total. The minimum atomic E-state index is -0.701. The molecule has 2 aromatic rings. The number of fused-ring (bicyclic) bond motifs is 1. The van der Waals surface area contributed by atoms with Gasteiger partial charge in [0, 0.05) is 6.07 Å². The van der Waals surface area contributed by atoms with Crippen molar-refractivity contribution in [1.82, 2.24) is 15.4 Å². The predicted octanol–water partition coefficient (Wildman–Crippen LogP) is 1.08. The zero-order chi connectivity index (χ0) is 11.9. The van der Waals surface area contributed by atoms with Gasteiger partial charge in [0.25, 0.3) is 5.69 Å². The third kappa shape index (κ3) is 2.02. The molecule has 10 heteroatoms. The molecule has 0 aliphatic rings. The van der Waals surface area contributed by atoms with E-state index >= 15 is 0 Å². The van der Waals surface area contributed by atoms with Crippen LogP contribution in [0.3, 0.4) is 0 Å². The zero-order valence-corrected chi connectivity index (χ0v) is 9.78. The van der Waals surface area contributed by atoms with Crippen molar-refractivity contribution in [2.24, 2.45) is 0 Å². The van der Waals surface area contributed by atoms with E-state index < -0.39 is 15.5 Å². The van der Waals surface area contributed by atoms with Gasteiger partial charge in [0.1, 0.15) is 11.1 Å². The Labute approximate surface area is 109 Å². The largest absolute Gasteiger partial charge is 1.00 e. The van der Waals surface area contributed by atoms with E-state index in [1.54, 1.807) is 0 Å². The molecule has 0 radical (unpaired) electrons. The Balaban J connectivity index is 0.00000144. The van der Waals surface area contributed by atoms with E-state index in [1.807, 2.05) is 0 Å². The van der Waals surface area contributed by atoms with Crippen molar-refractivity contribution in [2.75, 3.05) is 0 Å². The molecule has 1 heterocycles. The van der Waals surface area contributed by atoms with E-state index in [0.29, 0.717) is 0 Å². The van der Waals surface area contributed by atoms with Crippen LogP contribution in [-0.2, 0) is 22.4 Å². The van der Waals surface area contributed by atoms with Gasteiger partial charge in [0.2, 0.25) is 0 Å². The van der Waals surface area contributed by atoms with Crippen LogP contribution in [0.2, 0.25) is 0 Å². The second-order valence-electron chi connectivity index (χ2n) is 3.07. The van der Waals surface area contributed by atoms with Crippen LogP contribution in [0, 0.1) is 27.2 Å². The maximum atomic E-state index is 10.8. The number of rotatable bonds is 2. The number of nitro groups is 2. The van der Waals surface area contributed by atoms with Gasteiger partial charge in [-0.1, -0.05) is 0 Å². The molecule has 17 heavy (non-hydrogen) atoms. The van der Waals surface area contributed by atoms with Crippen LogP contribution in [0.1, 0.15) is 5.56 Å². The van der Waals surface area contributed by atoms with Gasteiger partial charge in [-0.15, -0.1) is 5.10 Å². The number of nitro benzene ring substituents is 2. The molecular weight excluding hydrogens is 326 g/mol.